The van der Waals surface area contributed by atoms with Crippen LogP contribution >= 0.6 is 23.1 Å². The minimum absolute atomic E-state index is 0.156. The van der Waals surface area contributed by atoms with Crippen molar-refractivity contribution >= 4 is 50.7 Å². The first-order valence-corrected chi connectivity index (χ1v) is 10.4. The Morgan fingerprint density at radius 1 is 1.21 bits per heavy atom. The summed E-state index contributed by atoms with van der Waals surface area (Å²) in [4.78, 5) is 24.7. The van der Waals surface area contributed by atoms with E-state index in [2.05, 4.69) is 5.32 Å². The number of hydrogen-bond acceptors (Lipinski definition) is 6. The van der Waals surface area contributed by atoms with Crippen molar-refractivity contribution in [3.63, 3.8) is 0 Å². The summed E-state index contributed by atoms with van der Waals surface area (Å²) >= 11 is 2.54. The first-order chi connectivity index (χ1) is 13.5. The fraction of sp³-hybridized carbons (Fsp3) is 0.200. The number of fused-ring (bicyclic) bond motifs is 1. The molecule has 3 aromatic rings. The SMILES string of the molecule is CCOC(=O)c1sc2cccc(F)c2c1CNc1ccccc1SCC(N)=O. The lowest BCUT2D eigenvalue weighted by Gasteiger charge is -2.12. The largest absolute Gasteiger partial charge is 0.462 e. The van der Waals surface area contributed by atoms with Crippen molar-refractivity contribution < 1.29 is 18.7 Å². The highest BCUT2D eigenvalue weighted by molar-refractivity contribution is 8.00. The number of carbonyl (C=O) groups excluding carboxylic acids is 2. The maximum Gasteiger partial charge on any atom is 0.348 e. The molecular weight excluding hydrogens is 399 g/mol. The number of thiophene rings is 1. The number of halogens is 1. The molecule has 3 N–H and O–H groups in total. The average molecular weight is 419 g/mol. The van der Waals surface area contributed by atoms with Gasteiger partial charge in [0.25, 0.3) is 0 Å². The van der Waals surface area contributed by atoms with Crippen molar-refractivity contribution in [2.75, 3.05) is 17.7 Å². The molecule has 0 aliphatic rings. The van der Waals surface area contributed by atoms with E-state index in [4.69, 9.17) is 10.5 Å². The van der Waals surface area contributed by atoms with Gasteiger partial charge in [-0.25, -0.2) is 9.18 Å². The van der Waals surface area contributed by atoms with Gasteiger partial charge in [0.05, 0.1) is 12.4 Å². The standard InChI is InChI=1S/C20H19FN2O3S2/c1-2-26-20(25)19-12(18-13(21)6-5-9-16(18)28-19)10-23-14-7-3-4-8-15(14)27-11-17(22)24/h3-9,23H,2,10-11H2,1H3,(H2,22,24). The molecule has 0 saturated carbocycles. The second kappa shape index (κ2) is 9.07. The third-order valence-corrected chi connectivity index (χ3v) is 6.21. The molecule has 3 rings (SSSR count). The smallest absolute Gasteiger partial charge is 0.348 e. The van der Waals surface area contributed by atoms with Crippen LogP contribution in [0.25, 0.3) is 10.1 Å². The lowest BCUT2D eigenvalue weighted by Crippen LogP contribution is -2.13. The molecular formula is C20H19FN2O3S2. The molecule has 5 nitrogen and oxygen atoms in total. The van der Waals surface area contributed by atoms with E-state index in [0.717, 1.165) is 10.6 Å². The van der Waals surface area contributed by atoms with E-state index in [1.807, 2.05) is 24.3 Å². The molecule has 0 spiro atoms. The van der Waals surface area contributed by atoms with Crippen LogP contribution in [-0.4, -0.2) is 24.2 Å². The molecule has 2 aromatic carbocycles. The summed E-state index contributed by atoms with van der Waals surface area (Å²) in [5.74, 6) is -1.09. The first-order valence-electron chi connectivity index (χ1n) is 8.62. The number of primary amides is 1. The van der Waals surface area contributed by atoms with Gasteiger partial charge in [0, 0.05) is 32.8 Å². The molecule has 1 aromatic heterocycles. The van der Waals surface area contributed by atoms with Crippen molar-refractivity contribution in [3.05, 3.63) is 58.7 Å². The third kappa shape index (κ3) is 4.45. The van der Waals surface area contributed by atoms with Gasteiger partial charge < -0.3 is 15.8 Å². The van der Waals surface area contributed by atoms with E-state index in [0.29, 0.717) is 20.5 Å². The molecule has 1 amide bonds. The number of rotatable bonds is 8. The number of nitrogens with one attached hydrogen (secondary N) is 1. The number of benzene rings is 2. The summed E-state index contributed by atoms with van der Waals surface area (Å²) in [6, 6.07) is 12.2. The van der Waals surface area contributed by atoms with Crippen molar-refractivity contribution in [1.82, 2.24) is 0 Å². The zero-order valence-electron chi connectivity index (χ0n) is 15.2. The number of ether oxygens (including phenoxy) is 1. The lowest BCUT2D eigenvalue weighted by atomic mass is 10.1. The Hall–Kier alpha value is -2.58. The Labute approximate surface area is 170 Å². The van der Waals surface area contributed by atoms with Crippen molar-refractivity contribution in [3.8, 4) is 0 Å². The van der Waals surface area contributed by atoms with Crippen LogP contribution in [0.5, 0.6) is 0 Å². The minimum atomic E-state index is -0.462. The van der Waals surface area contributed by atoms with Gasteiger partial charge in [-0.05, 0) is 31.2 Å². The maximum absolute atomic E-state index is 14.5. The first kappa shape index (κ1) is 20.2. The molecule has 146 valence electrons. The Balaban J connectivity index is 1.93. The summed E-state index contributed by atoms with van der Waals surface area (Å²) in [6.07, 6.45) is 0. The topological polar surface area (TPSA) is 81.4 Å². The number of carbonyl (C=O) groups is 2. The minimum Gasteiger partial charge on any atom is -0.462 e. The summed E-state index contributed by atoms with van der Waals surface area (Å²) < 4.78 is 20.3. The number of nitrogens with two attached hydrogens (primary N) is 1. The van der Waals surface area contributed by atoms with Gasteiger partial charge in [0.2, 0.25) is 5.91 Å². The average Bonchev–Trinajstić information content (AvgIpc) is 3.05. The fourth-order valence-corrected chi connectivity index (χ4v) is 4.67. The van der Waals surface area contributed by atoms with E-state index < -0.39 is 11.9 Å². The molecule has 0 bridgehead atoms. The zero-order chi connectivity index (χ0) is 20.1. The predicted octanol–water partition coefficient (Wildman–Crippen LogP) is 4.41. The fourth-order valence-electron chi connectivity index (χ4n) is 2.77. The van der Waals surface area contributed by atoms with Gasteiger partial charge in [-0.2, -0.15) is 0 Å². The summed E-state index contributed by atoms with van der Waals surface area (Å²) in [5.41, 5.74) is 6.57. The quantitative estimate of drug-likeness (QED) is 0.418. The molecule has 0 aliphatic carbocycles. The van der Waals surface area contributed by atoms with E-state index in [9.17, 15) is 14.0 Å². The Kier molecular flexibility index (Phi) is 6.53. The van der Waals surface area contributed by atoms with Crippen molar-refractivity contribution in [2.45, 2.75) is 18.4 Å². The predicted molar refractivity (Wildman–Crippen MR) is 111 cm³/mol. The summed E-state index contributed by atoms with van der Waals surface area (Å²) in [5, 5.41) is 3.68. The lowest BCUT2D eigenvalue weighted by molar-refractivity contribution is -0.115. The highest BCUT2D eigenvalue weighted by Gasteiger charge is 2.21. The van der Waals surface area contributed by atoms with Crippen LogP contribution < -0.4 is 11.1 Å². The van der Waals surface area contributed by atoms with Gasteiger partial charge in [-0.1, -0.05) is 18.2 Å². The molecule has 0 atom stereocenters. The molecule has 0 radical (unpaired) electrons. The number of thioether (sulfide) groups is 1. The second-order valence-corrected chi connectivity index (χ2v) is 7.92. The van der Waals surface area contributed by atoms with Crippen LogP contribution in [0.15, 0.2) is 47.4 Å². The van der Waals surface area contributed by atoms with Gasteiger partial charge >= 0.3 is 5.97 Å². The van der Waals surface area contributed by atoms with E-state index in [-0.39, 0.29) is 24.7 Å². The van der Waals surface area contributed by atoms with E-state index in [1.165, 1.54) is 29.2 Å². The van der Waals surface area contributed by atoms with Crippen LogP contribution in [0.2, 0.25) is 0 Å². The highest BCUT2D eigenvalue weighted by atomic mass is 32.2. The molecule has 0 unspecified atom stereocenters. The monoisotopic (exact) mass is 418 g/mol. The summed E-state index contributed by atoms with van der Waals surface area (Å²) in [6.45, 7) is 2.22. The molecule has 28 heavy (non-hydrogen) atoms. The van der Waals surface area contributed by atoms with Crippen LogP contribution in [0, 0.1) is 5.82 Å². The third-order valence-electron chi connectivity index (χ3n) is 3.94. The number of esters is 1. The number of amides is 1. The maximum atomic E-state index is 14.5. The van der Waals surface area contributed by atoms with Gasteiger partial charge in [0.15, 0.2) is 0 Å². The van der Waals surface area contributed by atoms with E-state index in [1.54, 1.807) is 19.1 Å². The molecule has 8 heteroatoms. The van der Waals surface area contributed by atoms with Crippen LogP contribution in [-0.2, 0) is 16.1 Å². The molecule has 0 saturated heterocycles. The summed E-state index contributed by atoms with van der Waals surface area (Å²) in [7, 11) is 0. The Morgan fingerprint density at radius 2 is 2.00 bits per heavy atom. The molecule has 0 aliphatic heterocycles. The highest BCUT2D eigenvalue weighted by Crippen LogP contribution is 2.35. The molecule has 0 fully saturated rings. The van der Waals surface area contributed by atoms with Crippen molar-refractivity contribution in [2.24, 2.45) is 5.73 Å². The van der Waals surface area contributed by atoms with Crippen LogP contribution in [0.1, 0.15) is 22.2 Å². The number of hydrogen-bond donors (Lipinski definition) is 2. The van der Waals surface area contributed by atoms with Gasteiger partial charge in [0.1, 0.15) is 10.7 Å². The normalized spacial score (nSPS) is 10.8. The van der Waals surface area contributed by atoms with Crippen molar-refractivity contribution in [1.29, 1.82) is 0 Å². The molecule has 1 heterocycles. The van der Waals surface area contributed by atoms with Gasteiger partial charge in [-0.3, -0.25) is 4.79 Å². The number of anilines is 1. The number of para-hydroxylation sites is 1. The Morgan fingerprint density at radius 3 is 2.75 bits per heavy atom. The zero-order valence-corrected chi connectivity index (χ0v) is 16.8. The van der Waals surface area contributed by atoms with Crippen LogP contribution in [0.3, 0.4) is 0 Å². The second-order valence-electron chi connectivity index (χ2n) is 5.85. The van der Waals surface area contributed by atoms with E-state index >= 15 is 0 Å². The Bertz CT molecular complexity index is 1020. The van der Waals surface area contributed by atoms with Crippen LogP contribution in [0.4, 0.5) is 10.1 Å². The van der Waals surface area contributed by atoms with Gasteiger partial charge in [-0.15, -0.1) is 23.1 Å².